The molecule has 0 atom stereocenters. The third-order valence-electron chi connectivity index (χ3n) is 3.61. The van der Waals surface area contributed by atoms with Crippen LogP contribution >= 0.6 is 0 Å². The summed E-state index contributed by atoms with van der Waals surface area (Å²) in [6.45, 7) is 0.179. The smallest absolute Gasteiger partial charge is 0.417 e. The second-order valence-electron chi connectivity index (χ2n) is 5.54. The van der Waals surface area contributed by atoms with E-state index in [0.29, 0.717) is 11.8 Å². The Morgan fingerprint density at radius 2 is 1.89 bits per heavy atom. The van der Waals surface area contributed by atoms with Crippen molar-refractivity contribution in [2.75, 3.05) is 13.2 Å². The van der Waals surface area contributed by atoms with Gasteiger partial charge in [-0.15, -0.1) is 0 Å². The summed E-state index contributed by atoms with van der Waals surface area (Å²) in [6, 6.07) is 8.40. The Morgan fingerprint density at radius 1 is 1.15 bits per heavy atom. The summed E-state index contributed by atoms with van der Waals surface area (Å²) < 4.78 is 42.4. The minimum absolute atomic E-state index is 0.0210. The SMILES string of the molecule is O=C(CCc1ccccc1C(=O)O)NCCOc1ccc(C(F)(F)F)cn1. The number of hydrogen-bond donors (Lipinski definition) is 2. The van der Waals surface area contributed by atoms with Crippen molar-refractivity contribution < 1.29 is 32.6 Å². The molecule has 9 heteroatoms. The van der Waals surface area contributed by atoms with Gasteiger partial charge in [-0.05, 0) is 24.1 Å². The van der Waals surface area contributed by atoms with E-state index in [0.717, 1.165) is 12.1 Å². The number of hydrogen-bond acceptors (Lipinski definition) is 4. The summed E-state index contributed by atoms with van der Waals surface area (Å²) in [6.07, 6.45) is -3.41. The number of alkyl halides is 3. The largest absolute Gasteiger partial charge is 0.478 e. The van der Waals surface area contributed by atoms with Gasteiger partial charge in [-0.1, -0.05) is 18.2 Å². The maximum atomic E-state index is 12.4. The fourth-order valence-electron chi connectivity index (χ4n) is 2.26. The molecule has 0 aliphatic rings. The first-order valence-corrected chi connectivity index (χ1v) is 8.01. The van der Waals surface area contributed by atoms with Gasteiger partial charge in [-0.3, -0.25) is 4.79 Å². The van der Waals surface area contributed by atoms with Gasteiger partial charge in [0.1, 0.15) is 6.61 Å². The lowest BCUT2D eigenvalue weighted by atomic mass is 10.0. The van der Waals surface area contributed by atoms with Crippen LogP contribution in [0.5, 0.6) is 5.88 Å². The summed E-state index contributed by atoms with van der Waals surface area (Å²) >= 11 is 0. The topological polar surface area (TPSA) is 88.5 Å². The Balaban J connectivity index is 1.72. The first-order valence-electron chi connectivity index (χ1n) is 8.01. The predicted molar refractivity (Wildman–Crippen MR) is 89.5 cm³/mol. The highest BCUT2D eigenvalue weighted by molar-refractivity contribution is 5.89. The van der Waals surface area contributed by atoms with Crippen molar-refractivity contribution in [3.05, 3.63) is 59.3 Å². The van der Waals surface area contributed by atoms with E-state index >= 15 is 0 Å². The summed E-state index contributed by atoms with van der Waals surface area (Å²) in [5.41, 5.74) is -0.155. The molecule has 1 amide bonds. The van der Waals surface area contributed by atoms with Crippen LogP contribution in [0, 0.1) is 0 Å². The molecule has 0 saturated heterocycles. The maximum Gasteiger partial charge on any atom is 0.417 e. The summed E-state index contributed by atoms with van der Waals surface area (Å²) in [5.74, 6) is -1.32. The van der Waals surface area contributed by atoms with Gasteiger partial charge in [-0.25, -0.2) is 9.78 Å². The molecule has 0 saturated carbocycles. The van der Waals surface area contributed by atoms with Gasteiger partial charge in [0.15, 0.2) is 0 Å². The molecule has 2 N–H and O–H groups in total. The van der Waals surface area contributed by atoms with Gasteiger partial charge >= 0.3 is 12.1 Å². The molecule has 0 aliphatic carbocycles. The number of aryl methyl sites for hydroxylation is 1. The second-order valence-corrected chi connectivity index (χ2v) is 5.54. The zero-order valence-electron chi connectivity index (χ0n) is 14.1. The monoisotopic (exact) mass is 382 g/mol. The number of rotatable bonds is 8. The molecule has 0 radical (unpaired) electrons. The molecular formula is C18H17F3N2O4. The molecule has 2 aromatic rings. The quantitative estimate of drug-likeness (QED) is 0.686. The Morgan fingerprint density at radius 3 is 2.52 bits per heavy atom. The van der Waals surface area contributed by atoms with Crippen molar-refractivity contribution in [3.8, 4) is 5.88 Å². The van der Waals surface area contributed by atoms with E-state index in [9.17, 15) is 22.8 Å². The van der Waals surface area contributed by atoms with Crippen molar-refractivity contribution in [3.63, 3.8) is 0 Å². The number of carbonyl (C=O) groups is 2. The lowest BCUT2D eigenvalue weighted by Gasteiger charge is -2.09. The van der Waals surface area contributed by atoms with Crippen molar-refractivity contribution in [1.82, 2.24) is 10.3 Å². The highest BCUT2D eigenvalue weighted by atomic mass is 19.4. The number of ether oxygens (including phenoxy) is 1. The molecular weight excluding hydrogens is 365 g/mol. The fraction of sp³-hybridized carbons (Fsp3) is 0.278. The number of pyridine rings is 1. The number of benzene rings is 1. The van der Waals surface area contributed by atoms with E-state index in [1.54, 1.807) is 18.2 Å². The highest BCUT2D eigenvalue weighted by Gasteiger charge is 2.30. The number of carboxylic acid groups (broad SMARTS) is 1. The first kappa shape index (κ1) is 20.2. The molecule has 0 unspecified atom stereocenters. The zero-order chi connectivity index (χ0) is 19.9. The van der Waals surface area contributed by atoms with E-state index in [4.69, 9.17) is 9.84 Å². The average Bonchev–Trinajstić information content (AvgIpc) is 2.63. The van der Waals surface area contributed by atoms with Crippen molar-refractivity contribution in [2.24, 2.45) is 0 Å². The lowest BCUT2D eigenvalue weighted by molar-refractivity contribution is -0.137. The third kappa shape index (κ3) is 6.28. The van der Waals surface area contributed by atoms with Crippen LogP contribution in [0.3, 0.4) is 0 Å². The summed E-state index contributed by atoms with van der Waals surface area (Å²) in [4.78, 5) is 26.5. The maximum absolute atomic E-state index is 12.4. The van der Waals surface area contributed by atoms with Crippen LogP contribution < -0.4 is 10.1 Å². The Hall–Kier alpha value is -3.10. The standard InChI is InChI=1S/C18H17F3N2O4/c19-18(20,21)13-6-8-16(23-11-13)27-10-9-22-15(24)7-5-12-3-1-2-4-14(12)17(25)26/h1-4,6,8,11H,5,7,9-10H2,(H,22,24)(H,25,26). The number of carbonyl (C=O) groups excluding carboxylic acids is 1. The number of carboxylic acids is 1. The Labute approximate surface area is 153 Å². The first-order chi connectivity index (χ1) is 12.8. The molecule has 0 fully saturated rings. The van der Waals surface area contributed by atoms with Crippen molar-refractivity contribution >= 4 is 11.9 Å². The predicted octanol–water partition coefficient (Wildman–Crippen LogP) is 2.93. The number of halogens is 3. The Kier molecular flexibility index (Phi) is 6.75. The molecule has 1 aromatic carbocycles. The number of aromatic nitrogens is 1. The highest BCUT2D eigenvalue weighted by Crippen LogP contribution is 2.29. The van der Waals surface area contributed by atoms with Crippen LogP contribution in [-0.4, -0.2) is 35.1 Å². The zero-order valence-corrected chi connectivity index (χ0v) is 14.1. The number of nitrogens with zero attached hydrogens (tertiary/aromatic N) is 1. The van der Waals surface area contributed by atoms with Crippen LogP contribution in [0.25, 0.3) is 0 Å². The number of amides is 1. The van der Waals surface area contributed by atoms with Crippen LogP contribution in [0.1, 0.15) is 27.9 Å². The molecule has 0 aliphatic heterocycles. The van der Waals surface area contributed by atoms with E-state index in [2.05, 4.69) is 10.3 Å². The van der Waals surface area contributed by atoms with Gasteiger partial charge in [-0.2, -0.15) is 13.2 Å². The minimum atomic E-state index is -4.46. The third-order valence-corrected chi connectivity index (χ3v) is 3.61. The normalized spacial score (nSPS) is 11.1. The minimum Gasteiger partial charge on any atom is -0.478 e. The molecule has 1 heterocycles. The summed E-state index contributed by atoms with van der Waals surface area (Å²) in [5, 5.41) is 11.7. The Bertz CT molecular complexity index is 792. The molecule has 0 spiro atoms. The lowest BCUT2D eigenvalue weighted by Crippen LogP contribution is -2.28. The van der Waals surface area contributed by atoms with Gasteiger partial charge in [0.05, 0.1) is 17.7 Å². The molecule has 1 aromatic heterocycles. The second kappa shape index (κ2) is 9.02. The van der Waals surface area contributed by atoms with Gasteiger partial charge in [0.2, 0.25) is 11.8 Å². The van der Waals surface area contributed by atoms with E-state index < -0.39 is 17.7 Å². The molecule has 0 bridgehead atoms. The number of nitrogens with one attached hydrogen (secondary N) is 1. The molecule has 6 nitrogen and oxygen atoms in total. The van der Waals surface area contributed by atoms with Gasteiger partial charge in [0, 0.05) is 18.7 Å². The van der Waals surface area contributed by atoms with Crippen LogP contribution in [-0.2, 0) is 17.4 Å². The van der Waals surface area contributed by atoms with Crippen LogP contribution in [0.15, 0.2) is 42.6 Å². The van der Waals surface area contributed by atoms with E-state index in [1.807, 2.05) is 0 Å². The van der Waals surface area contributed by atoms with Gasteiger partial charge < -0.3 is 15.2 Å². The van der Waals surface area contributed by atoms with Crippen molar-refractivity contribution in [1.29, 1.82) is 0 Å². The van der Waals surface area contributed by atoms with Crippen molar-refractivity contribution in [2.45, 2.75) is 19.0 Å². The fourth-order valence-corrected chi connectivity index (χ4v) is 2.26. The number of aromatic carboxylic acids is 1. The molecule has 2 rings (SSSR count). The van der Waals surface area contributed by atoms with E-state index in [-0.39, 0.29) is 43.3 Å². The molecule has 27 heavy (non-hydrogen) atoms. The van der Waals surface area contributed by atoms with Crippen LogP contribution in [0.4, 0.5) is 13.2 Å². The van der Waals surface area contributed by atoms with Gasteiger partial charge in [0.25, 0.3) is 0 Å². The summed E-state index contributed by atoms with van der Waals surface area (Å²) in [7, 11) is 0. The average molecular weight is 382 g/mol. The van der Waals surface area contributed by atoms with Crippen LogP contribution in [0.2, 0.25) is 0 Å². The molecule has 144 valence electrons. The van der Waals surface area contributed by atoms with E-state index in [1.165, 1.54) is 6.07 Å².